The molecule has 126 valence electrons. The van der Waals surface area contributed by atoms with Gasteiger partial charge in [0.1, 0.15) is 5.82 Å². The fourth-order valence-electron chi connectivity index (χ4n) is 2.75. The Morgan fingerprint density at radius 3 is 2.64 bits per heavy atom. The normalized spacial score (nSPS) is 13.8. The number of hydrogen-bond acceptors (Lipinski definition) is 4. The van der Waals surface area contributed by atoms with E-state index in [1.54, 1.807) is 40.0 Å². The van der Waals surface area contributed by atoms with Gasteiger partial charge in [-0.1, -0.05) is 0 Å². The number of nitrogens with zero attached hydrogens (tertiary/aromatic N) is 4. The molecule has 0 saturated heterocycles. The third-order valence-electron chi connectivity index (χ3n) is 4.25. The summed E-state index contributed by atoms with van der Waals surface area (Å²) in [5, 5.41) is 4.20. The molecule has 0 aromatic carbocycles. The monoisotopic (exact) mass is 398 g/mol. The second kappa shape index (κ2) is 6.07. The van der Waals surface area contributed by atoms with Gasteiger partial charge in [0.15, 0.2) is 5.78 Å². The summed E-state index contributed by atoms with van der Waals surface area (Å²) in [6, 6.07) is 7.18. The van der Waals surface area contributed by atoms with Crippen LogP contribution in [0.5, 0.6) is 0 Å². The van der Waals surface area contributed by atoms with Gasteiger partial charge in [0.05, 0.1) is 16.2 Å². The van der Waals surface area contributed by atoms with E-state index in [0.29, 0.717) is 16.9 Å². The first-order chi connectivity index (χ1) is 12.0. The highest BCUT2D eigenvalue weighted by molar-refractivity contribution is 9.10. The number of rotatable bonds is 4. The van der Waals surface area contributed by atoms with Crippen LogP contribution in [0.15, 0.2) is 47.3 Å². The minimum atomic E-state index is -0.0961. The third kappa shape index (κ3) is 2.95. The van der Waals surface area contributed by atoms with E-state index in [1.807, 2.05) is 6.07 Å². The van der Waals surface area contributed by atoms with Crippen molar-refractivity contribution in [2.75, 3.05) is 4.90 Å². The molecule has 0 spiro atoms. The Morgan fingerprint density at radius 1 is 1.20 bits per heavy atom. The van der Waals surface area contributed by atoms with Crippen molar-refractivity contribution in [2.45, 2.75) is 25.8 Å². The van der Waals surface area contributed by atoms with Crippen molar-refractivity contribution in [2.24, 2.45) is 0 Å². The predicted molar refractivity (Wildman–Crippen MR) is 97.0 cm³/mol. The van der Waals surface area contributed by atoms with Gasteiger partial charge in [-0.25, -0.2) is 9.50 Å². The molecule has 0 aliphatic heterocycles. The van der Waals surface area contributed by atoms with Crippen LogP contribution in [-0.4, -0.2) is 32.3 Å². The third-order valence-corrected chi connectivity index (χ3v) is 4.86. The van der Waals surface area contributed by atoms with E-state index in [0.717, 1.165) is 22.8 Å². The molecule has 0 bridgehead atoms. The Labute approximate surface area is 152 Å². The Bertz CT molecular complexity index is 976. The van der Waals surface area contributed by atoms with Gasteiger partial charge in [-0.05, 0) is 60.0 Å². The molecule has 3 heterocycles. The van der Waals surface area contributed by atoms with Crippen LogP contribution in [0.4, 0.5) is 5.82 Å². The summed E-state index contributed by atoms with van der Waals surface area (Å²) in [7, 11) is 0. The maximum Gasteiger partial charge on any atom is 0.259 e. The number of aromatic nitrogens is 3. The smallest absolute Gasteiger partial charge is 0.259 e. The first-order valence-corrected chi connectivity index (χ1v) is 8.77. The minimum Gasteiger partial charge on any atom is -0.294 e. The van der Waals surface area contributed by atoms with Crippen molar-refractivity contribution >= 4 is 39.0 Å². The summed E-state index contributed by atoms with van der Waals surface area (Å²) in [5.41, 5.74) is 1.95. The number of fused-ring (bicyclic) bond motifs is 1. The molecule has 25 heavy (non-hydrogen) atoms. The average Bonchev–Trinajstić information content (AvgIpc) is 3.38. The molecule has 0 atom stereocenters. The molecule has 1 fully saturated rings. The number of carbonyl (C=O) groups is 2. The van der Waals surface area contributed by atoms with E-state index < -0.39 is 0 Å². The molecular formula is C18H15BrN4O2. The van der Waals surface area contributed by atoms with Gasteiger partial charge in [0, 0.05) is 29.6 Å². The molecule has 1 saturated carbocycles. The lowest BCUT2D eigenvalue weighted by molar-refractivity contribution is 0.0983. The molecule has 1 aliphatic carbocycles. The largest absolute Gasteiger partial charge is 0.294 e. The fourth-order valence-corrected chi connectivity index (χ4v) is 3.14. The highest BCUT2D eigenvalue weighted by Gasteiger charge is 2.35. The zero-order valence-electron chi connectivity index (χ0n) is 13.5. The Morgan fingerprint density at radius 2 is 2.00 bits per heavy atom. The van der Waals surface area contributed by atoms with Crippen molar-refractivity contribution in [1.82, 2.24) is 14.6 Å². The molecule has 4 rings (SSSR count). The van der Waals surface area contributed by atoms with Gasteiger partial charge in [-0.15, -0.1) is 0 Å². The predicted octanol–water partition coefficient (Wildman–Crippen LogP) is 3.50. The number of amides is 1. The second-order valence-electron chi connectivity index (χ2n) is 6.11. The van der Waals surface area contributed by atoms with Crippen LogP contribution in [0.1, 0.15) is 40.5 Å². The van der Waals surface area contributed by atoms with Gasteiger partial charge in [-0.3, -0.25) is 14.5 Å². The lowest BCUT2D eigenvalue weighted by Crippen LogP contribution is -2.33. The lowest BCUT2D eigenvalue weighted by atomic mass is 10.2. The lowest BCUT2D eigenvalue weighted by Gasteiger charge is -2.21. The number of hydrogen-bond donors (Lipinski definition) is 0. The summed E-state index contributed by atoms with van der Waals surface area (Å²) in [4.78, 5) is 30.6. The molecule has 3 aromatic rings. The second-order valence-corrected chi connectivity index (χ2v) is 6.96. The van der Waals surface area contributed by atoms with E-state index in [2.05, 4.69) is 26.0 Å². The van der Waals surface area contributed by atoms with Crippen LogP contribution in [0, 0.1) is 0 Å². The maximum absolute atomic E-state index is 13.1. The number of carbonyl (C=O) groups excluding carboxylic acids is 2. The van der Waals surface area contributed by atoms with Crippen molar-refractivity contribution in [1.29, 1.82) is 0 Å². The SMILES string of the molecule is CC(=O)c1ccc(N(C(=O)c2ccn3ncc(Br)c3c2)C2CC2)nc1. The van der Waals surface area contributed by atoms with Crippen LogP contribution in [0.3, 0.4) is 0 Å². The molecule has 0 unspecified atom stereocenters. The van der Waals surface area contributed by atoms with Crippen LogP contribution < -0.4 is 4.90 Å². The van der Waals surface area contributed by atoms with E-state index in [4.69, 9.17) is 0 Å². The van der Waals surface area contributed by atoms with Crippen molar-refractivity contribution in [3.8, 4) is 0 Å². The molecule has 1 aliphatic rings. The van der Waals surface area contributed by atoms with Crippen LogP contribution >= 0.6 is 15.9 Å². The zero-order chi connectivity index (χ0) is 17.6. The first-order valence-electron chi connectivity index (χ1n) is 7.98. The van der Waals surface area contributed by atoms with Crippen molar-refractivity contribution in [3.05, 3.63) is 58.5 Å². The maximum atomic E-state index is 13.1. The van der Waals surface area contributed by atoms with Crippen LogP contribution in [0.25, 0.3) is 5.52 Å². The minimum absolute atomic E-state index is 0.0422. The fraction of sp³-hybridized carbons (Fsp3) is 0.222. The molecule has 7 heteroatoms. The number of anilines is 1. The molecule has 0 radical (unpaired) electrons. The van der Waals surface area contributed by atoms with E-state index in [9.17, 15) is 9.59 Å². The van der Waals surface area contributed by atoms with Gasteiger partial charge in [0.2, 0.25) is 0 Å². The highest BCUT2D eigenvalue weighted by Crippen LogP contribution is 2.32. The highest BCUT2D eigenvalue weighted by atomic mass is 79.9. The van der Waals surface area contributed by atoms with Crippen LogP contribution in [-0.2, 0) is 0 Å². The summed E-state index contributed by atoms with van der Waals surface area (Å²) < 4.78 is 2.55. The molecule has 3 aromatic heterocycles. The molecule has 0 N–H and O–H groups in total. The van der Waals surface area contributed by atoms with Gasteiger partial charge < -0.3 is 0 Å². The van der Waals surface area contributed by atoms with Crippen molar-refractivity contribution in [3.63, 3.8) is 0 Å². The Balaban J connectivity index is 1.71. The van der Waals surface area contributed by atoms with Crippen molar-refractivity contribution < 1.29 is 9.59 Å². The quantitative estimate of drug-likeness (QED) is 0.630. The number of Topliss-reactive ketones (excluding diaryl/α,β-unsaturated/α-hetero) is 1. The van der Waals surface area contributed by atoms with Gasteiger partial charge in [0.25, 0.3) is 5.91 Å². The summed E-state index contributed by atoms with van der Waals surface area (Å²) in [5.74, 6) is 0.436. The molecular weight excluding hydrogens is 384 g/mol. The van der Waals surface area contributed by atoms with Gasteiger partial charge >= 0.3 is 0 Å². The Hall–Kier alpha value is -2.54. The van der Waals surface area contributed by atoms with Crippen LogP contribution in [0.2, 0.25) is 0 Å². The standard InChI is InChI=1S/C18H15BrN4O2/c1-11(24)13-2-5-17(20-9-13)23(14-3-4-14)18(25)12-6-7-22-16(8-12)15(19)10-21-22/h2,5-10,14H,3-4H2,1H3. The topological polar surface area (TPSA) is 67.6 Å². The average molecular weight is 399 g/mol. The number of pyridine rings is 2. The summed E-state index contributed by atoms with van der Waals surface area (Å²) in [6.07, 6.45) is 6.91. The number of halogens is 1. The Kier molecular flexibility index (Phi) is 3.88. The summed E-state index contributed by atoms with van der Waals surface area (Å²) >= 11 is 3.44. The molecule has 6 nitrogen and oxygen atoms in total. The van der Waals surface area contributed by atoms with E-state index >= 15 is 0 Å². The zero-order valence-corrected chi connectivity index (χ0v) is 15.1. The van der Waals surface area contributed by atoms with Gasteiger partial charge in [-0.2, -0.15) is 5.10 Å². The first kappa shape index (κ1) is 16.0. The van der Waals surface area contributed by atoms with E-state index in [1.165, 1.54) is 13.1 Å². The van der Waals surface area contributed by atoms with E-state index in [-0.39, 0.29) is 17.7 Å². The summed E-state index contributed by atoms with van der Waals surface area (Å²) in [6.45, 7) is 1.50. The number of ketones is 1. The molecule has 1 amide bonds.